The minimum atomic E-state index is -0.244. The number of aromatic nitrogens is 1. The zero-order valence-electron chi connectivity index (χ0n) is 9.43. The van der Waals surface area contributed by atoms with Crippen molar-refractivity contribution >= 4 is 23.3 Å². The van der Waals surface area contributed by atoms with Crippen LogP contribution in [-0.2, 0) is 11.2 Å². The van der Waals surface area contributed by atoms with Gasteiger partial charge in [0, 0.05) is 11.8 Å². The van der Waals surface area contributed by atoms with Gasteiger partial charge in [-0.3, -0.25) is 4.79 Å². The predicted molar refractivity (Wildman–Crippen MR) is 69.7 cm³/mol. The van der Waals surface area contributed by atoms with E-state index >= 15 is 0 Å². The Morgan fingerprint density at radius 2 is 2.06 bits per heavy atom. The molecule has 2 N–H and O–H groups in total. The van der Waals surface area contributed by atoms with Gasteiger partial charge in [-0.05, 0) is 18.2 Å². The van der Waals surface area contributed by atoms with Crippen LogP contribution in [0.15, 0.2) is 42.6 Å². The Morgan fingerprint density at radius 3 is 2.72 bits per heavy atom. The zero-order valence-corrected chi connectivity index (χ0v) is 10.2. The second kappa shape index (κ2) is 5.51. The smallest absolute Gasteiger partial charge is 0.230 e. The molecule has 0 fully saturated rings. The molecule has 0 aliphatic rings. The number of phenols is 1. The monoisotopic (exact) mass is 262 g/mol. The van der Waals surface area contributed by atoms with E-state index in [1.54, 1.807) is 36.4 Å². The third-order valence-electron chi connectivity index (χ3n) is 2.34. The van der Waals surface area contributed by atoms with Crippen molar-refractivity contribution in [2.75, 3.05) is 5.32 Å². The summed E-state index contributed by atoms with van der Waals surface area (Å²) >= 11 is 5.69. The lowest BCUT2D eigenvalue weighted by Crippen LogP contribution is -2.15. The number of carbonyl (C=O) groups excluding carboxylic acids is 1. The van der Waals surface area contributed by atoms with Crippen LogP contribution in [0.25, 0.3) is 0 Å². The lowest BCUT2D eigenvalue weighted by molar-refractivity contribution is -0.115. The Balaban J connectivity index is 2.01. The van der Waals surface area contributed by atoms with Gasteiger partial charge in [0.2, 0.25) is 5.91 Å². The maximum atomic E-state index is 11.7. The number of halogens is 1. The van der Waals surface area contributed by atoms with E-state index < -0.39 is 0 Å². The first kappa shape index (κ1) is 12.4. The van der Waals surface area contributed by atoms with Crippen LogP contribution < -0.4 is 5.32 Å². The van der Waals surface area contributed by atoms with E-state index in [1.165, 1.54) is 6.20 Å². The maximum Gasteiger partial charge on any atom is 0.230 e. The number of nitrogens with one attached hydrogen (secondary N) is 1. The van der Waals surface area contributed by atoms with E-state index in [0.29, 0.717) is 16.4 Å². The number of para-hydroxylation sites is 1. The summed E-state index contributed by atoms with van der Waals surface area (Å²) in [5.74, 6) is 0.294. The Hall–Kier alpha value is -2.07. The second-order valence-corrected chi connectivity index (χ2v) is 4.15. The van der Waals surface area contributed by atoms with Crippen molar-refractivity contribution < 1.29 is 9.90 Å². The minimum Gasteiger partial charge on any atom is -0.508 e. The number of benzene rings is 1. The number of amides is 1. The van der Waals surface area contributed by atoms with Crippen LogP contribution in [0.3, 0.4) is 0 Å². The van der Waals surface area contributed by atoms with Gasteiger partial charge in [-0.1, -0.05) is 29.8 Å². The molecule has 1 amide bonds. The van der Waals surface area contributed by atoms with Gasteiger partial charge < -0.3 is 10.4 Å². The molecule has 1 aromatic carbocycles. The highest BCUT2D eigenvalue weighted by Gasteiger charge is 2.07. The summed E-state index contributed by atoms with van der Waals surface area (Å²) in [7, 11) is 0. The molecule has 92 valence electrons. The highest BCUT2D eigenvalue weighted by atomic mass is 35.5. The van der Waals surface area contributed by atoms with Crippen LogP contribution in [0.2, 0.25) is 5.02 Å². The van der Waals surface area contributed by atoms with Gasteiger partial charge in [-0.25, -0.2) is 4.98 Å². The van der Waals surface area contributed by atoms with Gasteiger partial charge in [0.15, 0.2) is 0 Å². The molecule has 18 heavy (non-hydrogen) atoms. The normalized spacial score (nSPS) is 10.1. The van der Waals surface area contributed by atoms with Crippen molar-refractivity contribution in [3.8, 4) is 5.75 Å². The van der Waals surface area contributed by atoms with E-state index in [-0.39, 0.29) is 18.1 Å². The lowest BCUT2D eigenvalue weighted by Gasteiger charge is -2.05. The second-order valence-electron chi connectivity index (χ2n) is 3.72. The van der Waals surface area contributed by atoms with Gasteiger partial charge in [-0.2, -0.15) is 0 Å². The summed E-state index contributed by atoms with van der Waals surface area (Å²) in [4.78, 5) is 15.7. The minimum absolute atomic E-state index is 0.0942. The number of carbonyl (C=O) groups is 1. The summed E-state index contributed by atoms with van der Waals surface area (Å²) in [5.41, 5.74) is 0.573. The number of anilines is 1. The van der Waals surface area contributed by atoms with Gasteiger partial charge >= 0.3 is 0 Å². The molecule has 0 bridgehead atoms. The molecular weight excluding hydrogens is 252 g/mol. The highest BCUT2D eigenvalue weighted by Crippen LogP contribution is 2.16. The topological polar surface area (TPSA) is 62.2 Å². The Morgan fingerprint density at radius 1 is 1.28 bits per heavy atom. The first-order valence-corrected chi connectivity index (χ1v) is 5.71. The average molecular weight is 263 g/mol. The van der Waals surface area contributed by atoms with Gasteiger partial charge in [0.25, 0.3) is 0 Å². The summed E-state index contributed by atoms with van der Waals surface area (Å²) in [6, 6.07) is 9.98. The van der Waals surface area contributed by atoms with Crippen molar-refractivity contribution in [3.05, 3.63) is 53.2 Å². The quantitative estimate of drug-likeness (QED) is 0.894. The summed E-state index contributed by atoms with van der Waals surface area (Å²) in [6.07, 6.45) is 1.55. The molecule has 2 rings (SSSR count). The molecule has 2 aromatic rings. The van der Waals surface area contributed by atoms with E-state index in [0.717, 1.165) is 0 Å². The van der Waals surface area contributed by atoms with Crippen LogP contribution in [0, 0.1) is 0 Å². The van der Waals surface area contributed by atoms with E-state index in [4.69, 9.17) is 11.6 Å². The molecule has 0 unspecified atom stereocenters. The van der Waals surface area contributed by atoms with Crippen LogP contribution in [0.4, 0.5) is 5.82 Å². The summed E-state index contributed by atoms with van der Waals surface area (Å²) < 4.78 is 0. The third kappa shape index (κ3) is 3.21. The Kier molecular flexibility index (Phi) is 3.79. The van der Waals surface area contributed by atoms with Gasteiger partial charge in [-0.15, -0.1) is 0 Å². The molecule has 0 spiro atoms. The summed E-state index contributed by atoms with van der Waals surface area (Å²) in [6.45, 7) is 0. The van der Waals surface area contributed by atoms with E-state index in [2.05, 4.69) is 10.3 Å². The molecule has 0 aliphatic carbocycles. The van der Waals surface area contributed by atoms with Gasteiger partial charge in [0.1, 0.15) is 11.6 Å². The Bertz CT molecular complexity index is 555. The molecule has 4 nitrogen and oxygen atoms in total. The predicted octanol–water partition coefficient (Wildman–Crippen LogP) is 2.62. The van der Waals surface area contributed by atoms with Crippen molar-refractivity contribution in [1.29, 1.82) is 0 Å². The molecule has 0 radical (unpaired) electrons. The molecular formula is C13H11ClN2O2. The first-order chi connectivity index (χ1) is 8.65. The van der Waals surface area contributed by atoms with Crippen molar-refractivity contribution in [1.82, 2.24) is 4.98 Å². The SMILES string of the molecule is O=C(Cc1ccccc1O)Nc1ccc(Cl)cn1. The fourth-order valence-corrected chi connectivity index (χ4v) is 1.58. The molecule has 0 atom stereocenters. The van der Waals surface area contributed by atoms with E-state index in [9.17, 15) is 9.90 Å². The number of hydrogen-bond donors (Lipinski definition) is 2. The van der Waals surface area contributed by atoms with Crippen LogP contribution >= 0.6 is 11.6 Å². The van der Waals surface area contributed by atoms with Crippen molar-refractivity contribution in [2.45, 2.75) is 6.42 Å². The fraction of sp³-hybridized carbons (Fsp3) is 0.0769. The van der Waals surface area contributed by atoms with Crippen LogP contribution in [0.1, 0.15) is 5.56 Å². The van der Waals surface area contributed by atoms with Gasteiger partial charge in [0.05, 0.1) is 11.4 Å². The van der Waals surface area contributed by atoms with Crippen molar-refractivity contribution in [3.63, 3.8) is 0 Å². The fourth-order valence-electron chi connectivity index (χ4n) is 1.47. The summed E-state index contributed by atoms with van der Waals surface area (Å²) in [5, 5.41) is 12.7. The Labute approximate surface area is 109 Å². The number of rotatable bonds is 3. The first-order valence-electron chi connectivity index (χ1n) is 5.33. The third-order valence-corrected chi connectivity index (χ3v) is 2.56. The molecule has 0 aliphatic heterocycles. The average Bonchev–Trinajstić information content (AvgIpc) is 2.35. The van der Waals surface area contributed by atoms with Crippen LogP contribution in [0.5, 0.6) is 5.75 Å². The largest absolute Gasteiger partial charge is 0.508 e. The zero-order chi connectivity index (χ0) is 13.0. The van der Waals surface area contributed by atoms with Crippen molar-refractivity contribution in [2.24, 2.45) is 0 Å². The standard InChI is InChI=1S/C13H11ClN2O2/c14-10-5-6-12(15-8-10)16-13(18)7-9-3-1-2-4-11(9)17/h1-6,8,17H,7H2,(H,15,16,18). The number of phenolic OH excluding ortho intramolecular Hbond substituents is 1. The highest BCUT2D eigenvalue weighted by molar-refractivity contribution is 6.30. The number of hydrogen-bond acceptors (Lipinski definition) is 3. The lowest BCUT2D eigenvalue weighted by atomic mass is 10.1. The van der Waals surface area contributed by atoms with Crippen LogP contribution in [-0.4, -0.2) is 16.0 Å². The number of aromatic hydroxyl groups is 1. The number of pyridine rings is 1. The molecule has 1 heterocycles. The maximum absolute atomic E-state index is 11.7. The molecule has 0 saturated heterocycles. The molecule has 5 heteroatoms. The molecule has 0 saturated carbocycles. The van der Waals surface area contributed by atoms with E-state index in [1.807, 2.05) is 0 Å². The number of nitrogens with zero attached hydrogens (tertiary/aromatic N) is 1. The molecule has 1 aromatic heterocycles.